The predicted octanol–water partition coefficient (Wildman–Crippen LogP) is 7.51. The quantitative estimate of drug-likeness (QED) is 0.184. The van der Waals surface area contributed by atoms with Crippen LogP contribution < -0.4 is 10.6 Å². The number of amides is 3. The summed E-state index contributed by atoms with van der Waals surface area (Å²) >= 11 is 1.96. The fourth-order valence-corrected chi connectivity index (χ4v) is 12.9. The number of carbonyl (C=O) groups excluding carboxylic acids is 3. The van der Waals surface area contributed by atoms with Crippen molar-refractivity contribution in [2.75, 3.05) is 12.8 Å². The average molecular weight is 626 g/mol. The largest absolute Gasteiger partial charge is 0.343 e. The van der Waals surface area contributed by atoms with Crippen LogP contribution in [0.15, 0.2) is 11.6 Å². The Kier molecular flexibility index (Phi) is 9.55. The number of carbonyl (C=O) groups is 3. The number of thioether (sulfide) groups is 1. The van der Waals surface area contributed by atoms with E-state index in [9.17, 15) is 14.4 Å². The van der Waals surface area contributed by atoms with Crippen molar-refractivity contribution in [1.29, 1.82) is 0 Å². The molecule has 6 nitrogen and oxygen atoms in total. The molecular formula is C37H59N3O3S. The van der Waals surface area contributed by atoms with Crippen molar-refractivity contribution in [3.05, 3.63) is 11.6 Å². The zero-order valence-electron chi connectivity index (χ0n) is 28.2. The van der Waals surface area contributed by atoms with Crippen LogP contribution in [-0.2, 0) is 9.59 Å². The van der Waals surface area contributed by atoms with Crippen LogP contribution in [0.1, 0.15) is 124 Å². The number of hydrogen-bond donors (Lipinski definition) is 2. The number of nitrogens with one attached hydrogen (secondary N) is 2. The van der Waals surface area contributed by atoms with Crippen molar-refractivity contribution in [1.82, 2.24) is 15.5 Å². The van der Waals surface area contributed by atoms with Gasteiger partial charge in [0.25, 0.3) is 0 Å². The van der Waals surface area contributed by atoms with Crippen molar-refractivity contribution in [2.45, 2.75) is 147 Å². The highest BCUT2D eigenvalue weighted by Gasteiger charge is 2.59. The molecule has 246 valence electrons. The molecule has 3 saturated carbocycles. The normalized spacial score (nSPS) is 40.6. The van der Waals surface area contributed by atoms with Gasteiger partial charge in [0.1, 0.15) is 0 Å². The van der Waals surface area contributed by atoms with Crippen molar-refractivity contribution in [3.63, 3.8) is 0 Å². The molecule has 2 heterocycles. The molecule has 2 aliphatic heterocycles. The molecule has 4 aliphatic carbocycles. The minimum absolute atomic E-state index is 0.0241. The summed E-state index contributed by atoms with van der Waals surface area (Å²) in [5.74, 6) is 5.68. The van der Waals surface area contributed by atoms with Gasteiger partial charge in [0.2, 0.25) is 5.91 Å². The monoisotopic (exact) mass is 625 g/mol. The van der Waals surface area contributed by atoms with Gasteiger partial charge in [0.05, 0.1) is 12.1 Å². The number of nitrogens with zero attached hydrogens (tertiary/aromatic N) is 1. The Balaban J connectivity index is 0.924. The SMILES string of the molecule is CC(CCC[C@@H](C)[C@H]1CC[C@H]2[C@@H]3CCC4=CC(=O)CC[C@]4(C)[C@H]3CC[C@]12C)N(C)C(=O)CCCC[C@@H]1SC[C@@H]2NC(=O)N[C@@H]21. The van der Waals surface area contributed by atoms with E-state index < -0.39 is 0 Å². The number of rotatable bonds is 11. The topological polar surface area (TPSA) is 78.5 Å². The van der Waals surface area contributed by atoms with Crippen LogP contribution in [0.25, 0.3) is 0 Å². The third-order valence-corrected chi connectivity index (χ3v) is 15.6. The lowest BCUT2D eigenvalue weighted by Crippen LogP contribution is -2.51. The summed E-state index contributed by atoms with van der Waals surface area (Å²) in [6, 6.07) is 0.797. The van der Waals surface area contributed by atoms with Gasteiger partial charge in [-0.05, 0) is 118 Å². The van der Waals surface area contributed by atoms with Gasteiger partial charge < -0.3 is 15.5 Å². The first kappa shape index (κ1) is 32.4. The number of hydrogen-bond acceptors (Lipinski definition) is 4. The molecule has 11 atom stereocenters. The van der Waals surface area contributed by atoms with E-state index in [1.807, 2.05) is 29.8 Å². The Morgan fingerprint density at radius 3 is 2.64 bits per heavy atom. The molecule has 1 unspecified atom stereocenters. The van der Waals surface area contributed by atoms with E-state index in [1.165, 1.54) is 50.5 Å². The Labute approximate surface area is 271 Å². The highest BCUT2D eigenvalue weighted by atomic mass is 32.2. The number of ketones is 1. The van der Waals surface area contributed by atoms with Gasteiger partial charge in [-0.3, -0.25) is 9.59 Å². The lowest BCUT2D eigenvalue weighted by molar-refractivity contribution is -0.132. The maximum atomic E-state index is 13.0. The Morgan fingerprint density at radius 2 is 1.82 bits per heavy atom. The van der Waals surface area contributed by atoms with Gasteiger partial charge in [0, 0.05) is 36.9 Å². The fourth-order valence-electron chi connectivity index (χ4n) is 11.4. The molecule has 6 rings (SSSR count). The van der Waals surface area contributed by atoms with E-state index >= 15 is 0 Å². The molecule has 5 fully saturated rings. The van der Waals surface area contributed by atoms with Crippen LogP contribution >= 0.6 is 11.8 Å². The smallest absolute Gasteiger partial charge is 0.315 e. The Morgan fingerprint density at radius 1 is 1.00 bits per heavy atom. The van der Waals surface area contributed by atoms with E-state index in [0.29, 0.717) is 22.9 Å². The molecule has 0 aromatic heterocycles. The maximum absolute atomic E-state index is 13.0. The Bertz CT molecular complexity index is 1140. The second kappa shape index (κ2) is 13.0. The van der Waals surface area contributed by atoms with E-state index in [0.717, 1.165) is 80.3 Å². The molecule has 0 radical (unpaired) electrons. The summed E-state index contributed by atoms with van der Waals surface area (Å²) in [5, 5.41) is 6.56. The third-order valence-electron chi connectivity index (χ3n) is 14.1. The standard InChI is InChI=1S/C37H59N3O3S/c1-23(9-8-10-24(2)40(5)33(42)12-7-6-11-32-34-31(22-44-32)38-35(43)39-34)28-15-16-29-27-14-13-25-21-26(41)17-19-36(25,3)30(27)18-20-37(28,29)4/h21,23-24,27-32,34H,6-20,22H2,1-5H3,(H2,38,39,43)/t23-,24?,27+,28-,29+,30+,31+,32+,34+,36+,37-/m1/s1. The van der Waals surface area contributed by atoms with Crippen molar-refractivity contribution < 1.29 is 14.4 Å². The molecule has 2 saturated heterocycles. The number of allylic oxidation sites excluding steroid dienone is 1. The zero-order chi connectivity index (χ0) is 31.2. The van der Waals surface area contributed by atoms with Crippen molar-refractivity contribution in [2.24, 2.45) is 40.4 Å². The molecule has 7 heteroatoms. The molecule has 0 spiro atoms. The number of urea groups is 1. The zero-order valence-corrected chi connectivity index (χ0v) is 29.0. The fraction of sp³-hybridized carbons (Fsp3) is 0.865. The van der Waals surface area contributed by atoms with Crippen LogP contribution in [0, 0.1) is 40.4 Å². The molecule has 3 amide bonds. The summed E-state index contributed by atoms with van der Waals surface area (Å²) in [5.41, 5.74) is 2.23. The van der Waals surface area contributed by atoms with E-state index in [4.69, 9.17) is 0 Å². The summed E-state index contributed by atoms with van der Waals surface area (Å²) < 4.78 is 0. The third kappa shape index (κ3) is 6.01. The summed E-state index contributed by atoms with van der Waals surface area (Å²) in [6.07, 6.45) is 19.1. The highest BCUT2D eigenvalue weighted by molar-refractivity contribution is 8.00. The first-order chi connectivity index (χ1) is 21.0. The molecule has 0 aromatic rings. The van der Waals surface area contributed by atoms with Gasteiger partial charge in [0.15, 0.2) is 5.78 Å². The van der Waals surface area contributed by atoms with Crippen LogP contribution in [-0.4, -0.2) is 58.8 Å². The van der Waals surface area contributed by atoms with Gasteiger partial charge in [-0.25, -0.2) is 4.79 Å². The predicted molar refractivity (Wildman–Crippen MR) is 179 cm³/mol. The second-order valence-electron chi connectivity index (χ2n) is 16.3. The van der Waals surface area contributed by atoms with Crippen LogP contribution in [0.5, 0.6) is 0 Å². The van der Waals surface area contributed by atoms with Gasteiger partial charge in [-0.2, -0.15) is 11.8 Å². The summed E-state index contributed by atoms with van der Waals surface area (Å²) in [7, 11) is 2.00. The summed E-state index contributed by atoms with van der Waals surface area (Å²) in [4.78, 5) is 38.8. The van der Waals surface area contributed by atoms with Gasteiger partial charge >= 0.3 is 6.03 Å². The molecule has 44 heavy (non-hydrogen) atoms. The minimum atomic E-state index is -0.0241. The minimum Gasteiger partial charge on any atom is -0.343 e. The van der Waals surface area contributed by atoms with Crippen LogP contribution in [0.3, 0.4) is 0 Å². The van der Waals surface area contributed by atoms with Crippen LogP contribution in [0.2, 0.25) is 0 Å². The van der Waals surface area contributed by atoms with Crippen molar-refractivity contribution >= 4 is 29.5 Å². The second-order valence-corrected chi connectivity index (χ2v) is 17.6. The molecule has 0 bridgehead atoms. The van der Waals surface area contributed by atoms with Crippen molar-refractivity contribution in [3.8, 4) is 0 Å². The Hall–Kier alpha value is -1.50. The number of fused-ring (bicyclic) bond motifs is 6. The van der Waals surface area contributed by atoms with E-state index in [1.54, 1.807) is 0 Å². The summed E-state index contributed by atoms with van der Waals surface area (Å²) in [6.45, 7) is 9.91. The number of unbranched alkanes of at least 4 members (excludes halogenated alkanes) is 1. The molecule has 6 aliphatic rings. The molecule has 0 aromatic carbocycles. The van der Waals surface area contributed by atoms with Crippen LogP contribution in [0.4, 0.5) is 4.79 Å². The highest BCUT2D eigenvalue weighted by Crippen LogP contribution is 2.67. The lowest BCUT2D eigenvalue weighted by Gasteiger charge is -2.58. The average Bonchev–Trinajstić information content (AvgIpc) is 3.66. The van der Waals surface area contributed by atoms with E-state index in [2.05, 4.69) is 38.3 Å². The van der Waals surface area contributed by atoms with Gasteiger partial charge in [-0.1, -0.05) is 45.6 Å². The molecular weight excluding hydrogens is 566 g/mol. The van der Waals surface area contributed by atoms with Gasteiger partial charge in [-0.15, -0.1) is 0 Å². The first-order valence-electron chi connectivity index (χ1n) is 18.2. The first-order valence-corrected chi connectivity index (χ1v) is 19.2. The maximum Gasteiger partial charge on any atom is 0.315 e. The lowest BCUT2D eigenvalue weighted by atomic mass is 9.46. The molecule has 2 N–H and O–H groups in total. The van der Waals surface area contributed by atoms with E-state index in [-0.39, 0.29) is 35.5 Å².